The van der Waals surface area contributed by atoms with Crippen LogP contribution in [0.3, 0.4) is 0 Å². The number of nitrogens with one attached hydrogen (secondary N) is 1. The van der Waals surface area contributed by atoms with E-state index in [-0.39, 0.29) is 11.6 Å². The number of hydrogen-bond acceptors (Lipinski definition) is 3. The van der Waals surface area contributed by atoms with Crippen LogP contribution >= 0.6 is 0 Å². The van der Waals surface area contributed by atoms with Crippen molar-refractivity contribution in [2.24, 2.45) is 7.05 Å². The van der Waals surface area contributed by atoms with E-state index >= 15 is 0 Å². The van der Waals surface area contributed by atoms with Crippen LogP contribution in [0.15, 0.2) is 35.1 Å². The Morgan fingerprint density at radius 2 is 2.00 bits per heavy atom. The standard InChI is InChI=1S/C16H22N4O2/c1-3-4-10-14(21)17-11-12-20-16(22)19(2)15(18-20)13-8-6-5-7-9-13/h5-9H,3-4,10-12H2,1-2H3,(H,17,21). The molecular weight excluding hydrogens is 280 g/mol. The topological polar surface area (TPSA) is 68.9 Å². The summed E-state index contributed by atoms with van der Waals surface area (Å²) in [6.07, 6.45) is 2.41. The molecule has 1 heterocycles. The Labute approximate surface area is 129 Å². The number of aromatic nitrogens is 3. The lowest BCUT2D eigenvalue weighted by atomic mass is 10.2. The minimum Gasteiger partial charge on any atom is -0.354 e. The number of unbranched alkanes of at least 4 members (excludes halogenated alkanes) is 1. The molecule has 0 aliphatic rings. The van der Waals surface area contributed by atoms with Gasteiger partial charge in [-0.2, -0.15) is 0 Å². The fourth-order valence-corrected chi connectivity index (χ4v) is 2.20. The molecule has 0 aliphatic heterocycles. The summed E-state index contributed by atoms with van der Waals surface area (Å²) in [7, 11) is 1.70. The van der Waals surface area contributed by atoms with Crippen LogP contribution in [-0.2, 0) is 18.4 Å². The summed E-state index contributed by atoms with van der Waals surface area (Å²) in [6, 6.07) is 9.57. The molecule has 0 bridgehead atoms. The van der Waals surface area contributed by atoms with Crippen LogP contribution in [0.1, 0.15) is 26.2 Å². The molecule has 2 rings (SSSR count). The van der Waals surface area contributed by atoms with Gasteiger partial charge in [-0.15, -0.1) is 5.10 Å². The van der Waals surface area contributed by atoms with Crippen LogP contribution in [0.4, 0.5) is 0 Å². The molecule has 118 valence electrons. The Bertz CT molecular complexity index is 673. The molecule has 0 fully saturated rings. The van der Waals surface area contributed by atoms with Gasteiger partial charge >= 0.3 is 5.69 Å². The summed E-state index contributed by atoms with van der Waals surface area (Å²) >= 11 is 0. The lowest BCUT2D eigenvalue weighted by Gasteiger charge is -2.03. The molecule has 6 nitrogen and oxygen atoms in total. The van der Waals surface area contributed by atoms with Gasteiger partial charge in [-0.05, 0) is 6.42 Å². The molecule has 0 unspecified atom stereocenters. The Morgan fingerprint density at radius 3 is 2.68 bits per heavy atom. The molecule has 0 radical (unpaired) electrons. The fraction of sp³-hybridized carbons (Fsp3) is 0.438. The molecule has 1 N–H and O–H groups in total. The van der Waals surface area contributed by atoms with Crippen molar-refractivity contribution in [3.8, 4) is 11.4 Å². The Balaban J connectivity index is 2.01. The van der Waals surface area contributed by atoms with Crippen LogP contribution in [0.25, 0.3) is 11.4 Å². The maximum absolute atomic E-state index is 12.2. The first-order valence-corrected chi connectivity index (χ1v) is 7.59. The van der Waals surface area contributed by atoms with Gasteiger partial charge in [-0.3, -0.25) is 9.36 Å². The second kappa shape index (κ2) is 7.59. The summed E-state index contributed by atoms with van der Waals surface area (Å²) in [4.78, 5) is 23.7. The highest BCUT2D eigenvalue weighted by molar-refractivity contribution is 5.75. The van der Waals surface area contributed by atoms with Crippen molar-refractivity contribution in [1.29, 1.82) is 0 Å². The minimum atomic E-state index is -0.179. The number of nitrogens with zero attached hydrogens (tertiary/aromatic N) is 3. The van der Waals surface area contributed by atoms with Crippen molar-refractivity contribution in [1.82, 2.24) is 19.7 Å². The molecule has 6 heteroatoms. The maximum atomic E-state index is 12.2. The number of rotatable bonds is 7. The molecule has 0 aliphatic carbocycles. The van der Waals surface area contributed by atoms with Crippen molar-refractivity contribution in [2.45, 2.75) is 32.7 Å². The van der Waals surface area contributed by atoms with Crippen molar-refractivity contribution < 1.29 is 4.79 Å². The van der Waals surface area contributed by atoms with Crippen LogP contribution in [0, 0.1) is 0 Å². The predicted molar refractivity (Wildman–Crippen MR) is 85.4 cm³/mol. The van der Waals surface area contributed by atoms with Crippen LogP contribution < -0.4 is 11.0 Å². The van der Waals surface area contributed by atoms with Crippen LogP contribution in [0.5, 0.6) is 0 Å². The van der Waals surface area contributed by atoms with Gasteiger partial charge in [0.05, 0.1) is 6.54 Å². The number of carbonyl (C=O) groups is 1. The third kappa shape index (κ3) is 3.84. The fourth-order valence-electron chi connectivity index (χ4n) is 2.20. The molecule has 22 heavy (non-hydrogen) atoms. The molecular formula is C16H22N4O2. The SMILES string of the molecule is CCCCC(=O)NCCn1nc(-c2ccccc2)n(C)c1=O. The summed E-state index contributed by atoms with van der Waals surface area (Å²) in [5.74, 6) is 0.650. The van der Waals surface area contributed by atoms with E-state index < -0.39 is 0 Å². The second-order valence-electron chi connectivity index (χ2n) is 5.21. The van der Waals surface area contributed by atoms with Crippen molar-refractivity contribution in [3.63, 3.8) is 0 Å². The van der Waals surface area contributed by atoms with Crippen molar-refractivity contribution in [2.75, 3.05) is 6.54 Å². The maximum Gasteiger partial charge on any atom is 0.345 e. The van der Waals surface area contributed by atoms with Crippen LogP contribution in [0.2, 0.25) is 0 Å². The van der Waals surface area contributed by atoms with Gasteiger partial charge in [0.1, 0.15) is 0 Å². The van der Waals surface area contributed by atoms with Gasteiger partial charge in [0.2, 0.25) is 5.91 Å². The van der Waals surface area contributed by atoms with Gasteiger partial charge in [0, 0.05) is 25.6 Å². The van der Waals surface area contributed by atoms with E-state index in [1.807, 2.05) is 37.3 Å². The molecule has 2 aromatic rings. The highest BCUT2D eigenvalue weighted by Crippen LogP contribution is 2.13. The quantitative estimate of drug-likeness (QED) is 0.844. The molecule has 0 saturated heterocycles. The zero-order valence-corrected chi connectivity index (χ0v) is 13.1. The number of hydrogen-bond donors (Lipinski definition) is 1. The highest BCUT2D eigenvalue weighted by Gasteiger charge is 2.11. The van der Waals surface area contributed by atoms with Gasteiger partial charge in [0.15, 0.2) is 5.82 Å². The Kier molecular flexibility index (Phi) is 5.52. The molecule has 1 aromatic heterocycles. The molecule has 0 atom stereocenters. The number of amides is 1. The van der Waals surface area contributed by atoms with Crippen molar-refractivity contribution >= 4 is 5.91 Å². The van der Waals surface area contributed by atoms with E-state index in [0.717, 1.165) is 18.4 Å². The zero-order valence-electron chi connectivity index (χ0n) is 13.1. The summed E-state index contributed by atoms with van der Waals surface area (Å²) in [6.45, 7) is 2.83. The van der Waals surface area contributed by atoms with Gasteiger partial charge < -0.3 is 5.32 Å². The van der Waals surface area contributed by atoms with E-state index in [1.165, 1.54) is 9.25 Å². The first-order chi connectivity index (χ1) is 10.6. The minimum absolute atomic E-state index is 0.0223. The van der Waals surface area contributed by atoms with Gasteiger partial charge in [0.25, 0.3) is 0 Å². The average Bonchev–Trinajstić information content (AvgIpc) is 2.82. The summed E-state index contributed by atoms with van der Waals surface area (Å²) in [5, 5.41) is 7.17. The monoisotopic (exact) mass is 302 g/mol. The molecule has 0 saturated carbocycles. The second-order valence-corrected chi connectivity index (χ2v) is 5.21. The molecule has 1 aromatic carbocycles. The van der Waals surface area contributed by atoms with Crippen molar-refractivity contribution in [3.05, 3.63) is 40.8 Å². The first kappa shape index (κ1) is 16.0. The number of carbonyl (C=O) groups excluding carboxylic acids is 1. The highest BCUT2D eigenvalue weighted by atomic mass is 16.2. The van der Waals surface area contributed by atoms with Gasteiger partial charge in [-0.1, -0.05) is 43.7 Å². The largest absolute Gasteiger partial charge is 0.354 e. The molecule has 0 spiro atoms. The molecule has 1 amide bonds. The average molecular weight is 302 g/mol. The lowest BCUT2D eigenvalue weighted by Crippen LogP contribution is -2.31. The lowest BCUT2D eigenvalue weighted by molar-refractivity contribution is -0.121. The summed E-state index contributed by atoms with van der Waals surface area (Å²) in [5.41, 5.74) is 0.717. The van der Waals surface area contributed by atoms with E-state index in [0.29, 0.717) is 25.3 Å². The van der Waals surface area contributed by atoms with E-state index in [9.17, 15) is 9.59 Å². The zero-order chi connectivity index (χ0) is 15.9. The van der Waals surface area contributed by atoms with Crippen LogP contribution in [-0.4, -0.2) is 26.8 Å². The Hall–Kier alpha value is -2.37. The summed E-state index contributed by atoms with van der Waals surface area (Å²) < 4.78 is 2.91. The first-order valence-electron chi connectivity index (χ1n) is 7.59. The third-order valence-electron chi connectivity index (χ3n) is 3.48. The number of benzene rings is 1. The van der Waals surface area contributed by atoms with E-state index in [4.69, 9.17) is 0 Å². The third-order valence-corrected chi connectivity index (χ3v) is 3.48. The normalized spacial score (nSPS) is 10.6. The predicted octanol–water partition coefficient (Wildman–Crippen LogP) is 1.56. The van der Waals surface area contributed by atoms with E-state index in [1.54, 1.807) is 7.05 Å². The smallest absolute Gasteiger partial charge is 0.345 e. The van der Waals surface area contributed by atoms with Gasteiger partial charge in [-0.25, -0.2) is 9.48 Å². The van der Waals surface area contributed by atoms with E-state index in [2.05, 4.69) is 10.4 Å². The Morgan fingerprint density at radius 1 is 1.27 bits per heavy atom.